The third-order valence-electron chi connectivity index (χ3n) is 3.26. The highest BCUT2D eigenvalue weighted by Gasteiger charge is 2.33. The van der Waals surface area contributed by atoms with Gasteiger partial charge in [-0.1, -0.05) is 0 Å². The van der Waals surface area contributed by atoms with E-state index in [-0.39, 0.29) is 10.9 Å². The van der Waals surface area contributed by atoms with Crippen molar-refractivity contribution in [1.29, 1.82) is 0 Å². The smallest absolute Gasteiger partial charge is 0.240 e. The summed E-state index contributed by atoms with van der Waals surface area (Å²) < 4.78 is 33.3. The maximum absolute atomic E-state index is 12.3. The lowest BCUT2D eigenvalue weighted by molar-refractivity contribution is 0.338. The van der Waals surface area contributed by atoms with Crippen LogP contribution in [0.25, 0.3) is 0 Å². The summed E-state index contributed by atoms with van der Waals surface area (Å²) in [5, 5.41) is 0. The quantitative estimate of drug-likeness (QED) is 0.775. The van der Waals surface area contributed by atoms with Crippen LogP contribution in [0.15, 0.2) is 27.6 Å². The van der Waals surface area contributed by atoms with Crippen molar-refractivity contribution >= 4 is 26.0 Å². The summed E-state index contributed by atoms with van der Waals surface area (Å²) in [7, 11) is -3.55. The summed E-state index contributed by atoms with van der Waals surface area (Å²) in [6.45, 7) is 2.72. The number of ether oxygens (including phenoxy) is 1. The molecule has 7 heteroatoms. The van der Waals surface area contributed by atoms with E-state index in [4.69, 9.17) is 10.5 Å². The summed E-state index contributed by atoms with van der Waals surface area (Å²) in [6, 6.07) is 4.56. The zero-order valence-corrected chi connectivity index (χ0v) is 13.7. The molecule has 0 saturated heterocycles. The molecule has 0 aliphatic heterocycles. The molecule has 1 saturated carbocycles. The van der Waals surface area contributed by atoms with Gasteiger partial charge in [-0.2, -0.15) is 0 Å². The Labute approximate surface area is 128 Å². The molecule has 1 aliphatic rings. The minimum absolute atomic E-state index is 0.176. The molecule has 3 N–H and O–H groups in total. The highest BCUT2D eigenvalue weighted by atomic mass is 79.9. The SMILES string of the molecule is CCOc1ccc(S(=O)(=O)NC(CN)C2CC2)cc1Br. The van der Waals surface area contributed by atoms with E-state index in [1.54, 1.807) is 18.2 Å². The van der Waals surface area contributed by atoms with Crippen LogP contribution in [0.4, 0.5) is 0 Å². The van der Waals surface area contributed by atoms with E-state index in [0.717, 1.165) is 12.8 Å². The summed E-state index contributed by atoms with van der Waals surface area (Å²) in [5.74, 6) is 1.00. The highest BCUT2D eigenvalue weighted by Crippen LogP contribution is 2.33. The number of hydrogen-bond acceptors (Lipinski definition) is 4. The Morgan fingerprint density at radius 2 is 2.20 bits per heavy atom. The number of hydrogen-bond donors (Lipinski definition) is 2. The summed E-state index contributed by atoms with van der Waals surface area (Å²) in [6.07, 6.45) is 2.08. The van der Waals surface area contributed by atoms with Crippen LogP contribution in [0.5, 0.6) is 5.75 Å². The van der Waals surface area contributed by atoms with E-state index in [9.17, 15) is 8.42 Å². The molecule has 20 heavy (non-hydrogen) atoms. The van der Waals surface area contributed by atoms with E-state index in [1.165, 1.54) is 0 Å². The maximum atomic E-state index is 12.3. The van der Waals surface area contributed by atoms with Gasteiger partial charge in [0.05, 0.1) is 16.0 Å². The molecule has 5 nitrogen and oxygen atoms in total. The van der Waals surface area contributed by atoms with Gasteiger partial charge in [0.1, 0.15) is 5.75 Å². The van der Waals surface area contributed by atoms with E-state index in [1.807, 2.05) is 6.92 Å². The molecule has 1 fully saturated rings. The molecule has 1 aromatic carbocycles. The molecule has 0 heterocycles. The molecular formula is C13H19BrN2O3S. The Morgan fingerprint density at radius 1 is 1.50 bits per heavy atom. The Kier molecular flexibility index (Phi) is 5.06. The van der Waals surface area contributed by atoms with Crippen molar-refractivity contribution in [3.05, 3.63) is 22.7 Å². The molecule has 1 unspecified atom stereocenters. The number of halogens is 1. The molecule has 2 rings (SSSR count). The van der Waals surface area contributed by atoms with E-state index in [2.05, 4.69) is 20.7 Å². The number of sulfonamides is 1. The van der Waals surface area contributed by atoms with Gasteiger partial charge in [-0.05, 0) is 59.8 Å². The molecule has 1 aliphatic carbocycles. The van der Waals surface area contributed by atoms with Crippen molar-refractivity contribution < 1.29 is 13.2 Å². The first kappa shape index (κ1) is 15.8. The van der Waals surface area contributed by atoms with E-state index in [0.29, 0.717) is 29.3 Å². The molecular weight excluding hydrogens is 344 g/mol. The lowest BCUT2D eigenvalue weighted by Crippen LogP contribution is -2.41. The van der Waals surface area contributed by atoms with Crippen molar-refractivity contribution in [3.8, 4) is 5.75 Å². The minimum Gasteiger partial charge on any atom is -0.493 e. The molecule has 1 aromatic rings. The molecule has 0 bridgehead atoms. The second-order valence-corrected chi connectivity index (χ2v) is 7.39. The first-order valence-electron chi connectivity index (χ1n) is 6.62. The second kappa shape index (κ2) is 6.43. The molecule has 112 valence electrons. The Morgan fingerprint density at radius 3 is 2.70 bits per heavy atom. The van der Waals surface area contributed by atoms with Crippen LogP contribution >= 0.6 is 15.9 Å². The normalized spacial score (nSPS) is 16.9. The third kappa shape index (κ3) is 3.72. The van der Waals surface area contributed by atoms with E-state index >= 15 is 0 Å². The van der Waals surface area contributed by atoms with Crippen molar-refractivity contribution in [1.82, 2.24) is 4.72 Å². The van der Waals surface area contributed by atoms with Crippen molar-refractivity contribution in [2.45, 2.75) is 30.7 Å². The number of benzene rings is 1. The van der Waals surface area contributed by atoms with Crippen LogP contribution in [0.3, 0.4) is 0 Å². The maximum Gasteiger partial charge on any atom is 0.240 e. The van der Waals surface area contributed by atoms with Gasteiger partial charge in [0, 0.05) is 12.6 Å². The van der Waals surface area contributed by atoms with Crippen LogP contribution in [0.1, 0.15) is 19.8 Å². The van der Waals surface area contributed by atoms with E-state index < -0.39 is 10.0 Å². The first-order chi connectivity index (χ1) is 9.47. The summed E-state index contributed by atoms with van der Waals surface area (Å²) >= 11 is 3.32. The Balaban J connectivity index is 2.18. The molecule has 1 atom stereocenters. The first-order valence-corrected chi connectivity index (χ1v) is 8.90. The Hall–Kier alpha value is -0.630. The summed E-state index contributed by atoms with van der Waals surface area (Å²) in [4.78, 5) is 0.215. The molecule has 0 spiro atoms. The van der Waals surface area contributed by atoms with Crippen molar-refractivity contribution in [2.75, 3.05) is 13.2 Å². The number of rotatable bonds is 7. The number of nitrogens with two attached hydrogens (primary N) is 1. The molecule has 0 radical (unpaired) electrons. The molecule has 0 aromatic heterocycles. The predicted molar refractivity (Wildman–Crippen MR) is 81.2 cm³/mol. The zero-order valence-electron chi connectivity index (χ0n) is 11.3. The fourth-order valence-electron chi connectivity index (χ4n) is 2.02. The van der Waals surface area contributed by atoms with Gasteiger partial charge >= 0.3 is 0 Å². The predicted octanol–water partition coefficient (Wildman–Crippen LogP) is 1.86. The topological polar surface area (TPSA) is 81.4 Å². The van der Waals surface area contributed by atoms with Crippen molar-refractivity contribution in [2.24, 2.45) is 11.7 Å². The second-order valence-electron chi connectivity index (χ2n) is 4.83. The monoisotopic (exact) mass is 362 g/mol. The lowest BCUT2D eigenvalue weighted by Gasteiger charge is -2.16. The van der Waals surface area contributed by atoms with Crippen LogP contribution < -0.4 is 15.2 Å². The third-order valence-corrected chi connectivity index (χ3v) is 5.37. The van der Waals surface area contributed by atoms with Crippen LogP contribution in [-0.2, 0) is 10.0 Å². The van der Waals surface area contributed by atoms with Gasteiger partial charge < -0.3 is 10.5 Å². The lowest BCUT2D eigenvalue weighted by atomic mass is 10.2. The molecule has 0 amide bonds. The van der Waals surface area contributed by atoms with Crippen LogP contribution in [0.2, 0.25) is 0 Å². The van der Waals surface area contributed by atoms with Gasteiger partial charge in [-0.3, -0.25) is 0 Å². The van der Waals surface area contributed by atoms with Crippen molar-refractivity contribution in [3.63, 3.8) is 0 Å². The van der Waals surface area contributed by atoms with Gasteiger partial charge in [0.2, 0.25) is 10.0 Å². The minimum atomic E-state index is -3.55. The zero-order chi connectivity index (χ0) is 14.8. The van der Waals surface area contributed by atoms with Gasteiger partial charge in [0.15, 0.2) is 0 Å². The fourth-order valence-corrected chi connectivity index (χ4v) is 4.01. The summed E-state index contributed by atoms with van der Waals surface area (Å²) in [5.41, 5.74) is 5.64. The largest absolute Gasteiger partial charge is 0.493 e. The standard InChI is InChI=1S/C13H19BrN2O3S/c1-2-19-13-6-5-10(7-11(13)14)20(17,18)16-12(8-15)9-3-4-9/h5-7,9,12,16H,2-4,8,15H2,1H3. The average molecular weight is 363 g/mol. The van der Waals surface area contributed by atoms with Gasteiger partial charge in [0.25, 0.3) is 0 Å². The van der Waals surface area contributed by atoms with Crippen LogP contribution in [-0.4, -0.2) is 27.6 Å². The Bertz CT molecular complexity index is 573. The average Bonchev–Trinajstić information content (AvgIpc) is 3.23. The van der Waals surface area contributed by atoms with Crippen LogP contribution in [0, 0.1) is 5.92 Å². The highest BCUT2D eigenvalue weighted by molar-refractivity contribution is 9.10. The fraction of sp³-hybridized carbons (Fsp3) is 0.538. The number of nitrogens with one attached hydrogen (secondary N) is 1. The van der Waals surface area contributed by atoms with Gasteiger partial charge in [-0.25, -0.2) is 13.1 Å². The van der Waals surface area contributed by atoms with Gasteiger partial charge in [-0.15, -0.1) is 0 Å².